The Bertz CT molecular complexity index is 307. The number of hydrogen-bond donors (Lipinski definition) is 6. The molecule has 0 saturated carbocycles. The molecule has 0 aromatic carbocycles. The molecule has 0 rings (SSSR count). The van der Waals surface area contributed by atoms with E-state index in [4.69, 9.17) is 30.6 Å². The number of rotatable bonds is 6. The van der Waals surface area contributed by atoms with Crippen LogP contribution in [0.1, 0.15) is 0 Å². The quantitative estimate of drug-likeness (QED) is 0.205. The van der Waals surface area contributed by atoms with E-state index in [9.17, 15) is 13.0 Å². The van der Waals surface area contributed by atoms with Gasteiger partial charge in [0.25, 0.3) is 0 Å². The van der Waals surface area contributed by atoms with Gasteiger partial charge in [-0.05, 0) is 0 Å². The summed E-state index contributed by atoms with van der Waals surface area (Å²) < 4.78 is 30.8. The molecular formula is C6H13KO9S. The summed E-state index contributed by atoms with van der Waals surface area (Å²) in [7, 11) is -5.27. The predicted molar refractivity (Wildman–Crippen MR) is 46.8 cm³/mol. The zero-order valence-corrected chi connectivity index (χ0v) is 12.8. The van der Waals surface area contributed by atoms with Gasteiger partial charge < -0.3 is 35.2 Å². The van der Waals surface area contributed by atoms with E-state index in [1.54, 1.807) is 0 Å². The minimum Gasteiger partial charge on any atom is -0.746 e. The fourth-order valence-corrected chi connectivity index (χ4v) is 1.38. The van der Waals surface area contributed by atoms with Gasteiger partial charge in [0.1, 0.15) is 34.5 Å². The topological polar surface area (TPSA) is 179 Å². The Morgan fingerprint density at radius 3 is 1.65 bits per heavy atom. The average Bonchev–Trinajstić information content (AvgIpc) is 2.22. The van der Waals surface area contributed by atoms with E-state index in [1.165, 1.54) is 0 Å². The van der Waals surface area contributed by atoms with Gasteiger partial charge in [-0.15, -0.1) is 0 Å². The van der Waals surface area contributed by atoms with Crippen molar-refractivity contribution in [3.05, 3.63) is 0 Å². The molecule has 9 nitrogen and oxygen atoms in total. The van der Waals surface area contributed by atoms with Crippen LogP contribution in [0.15, 0.2) is 0 Å². The van der Waals surface area contributed by atoms with E-state index in [-0.39, 0.29) is 51.4 Å². The Morgan fingerprint density at radius 1 is 0.941 bits per heavy atom. The molecule has 0 aliphatic heterocycles. The first kappa shape index (κ1) is 20.6. The second-order valence-electron chi connectivity index (χ2n) is 3.11. The van der Waals surface area contributed by atoms with Crippen molar-refractivity contribution in [3.8, 4) is 0 Å². The van der Waals surface area contributed by atoms with Crippen molar-refractivity contribution in [2.24, 2.45) is 0 Å². The Hall–Kier alpha value is 1.31. The minimum absolute atomic E-state index is 0. The molecule has 0 amide bonds. The Morgan fingerprint density at radius 2 is 1.35 bits per heavy atom. The van der Waals surface area contributed by atoms with Crippen LogP contribution in [0.5, 0.6) is 0 Å². The van der Waals surface area contributed by atoms with Gasteiger partial charge in [0.05, 0.1) is 6.61 Å². The van der Waals surface area contributed by atoms with Crippen molar-refractivity contribution in [1.29, 1.82) is 0 Å². The SMILES string of the molecule is O=S(=O)([O-])[C@@H](O)[C@H](O)[C@@H](O)[C@H](O)[C@H](O)CO.[K+]. The summed E-state index contributed by atoms with van der Waals surface area (Å²) in [6.45, 7) is -0.967. The second kappa shape index (κ2) is 8.47. The number of aliphatic hydroxyl groups is 6. The Labute approximate surface area is 140 Å². The molecule has 0 spiro atoms. The van der Waals surface area contributed by atoms with Gasteiger partial charge in [0.2, 0.25) is 0 Å². The average molecular weight is 300 g/mol. The van der Waals surface area contributed by atoms with Crippen molar-refractivity contribution < 1.29 is 95.0 Å². The Kier molecular flexibility index (Phi) is 10.3. The summed E-state index contributed by atoms with van der Waals surface area (Å²) in [5.74, 6) is 0. The van der Waals surface area contributed by atoms with Crippen LogP contribution in [0.25, 0.3) is 0 Å². The smallest absolute Gasteiger partial charge is 0.746 e. The van der Waals surface area contributed by atoms with Gasteiger partial charge in [0, 0.05) is 0 Å². The fourth-order valence-electron chi connectivity index (χ4n) is 0.877. The third-order valence-corrected chi connectivity index (χ3v) is 2.74. The molecule has 0 aliphatic carbocycles. The zero-order valence-electron chi connectivity index (χ0n) is 8.91. The number of hydrogen-bond acceptors (Lipinski definition) is 9. The molecule has 0 aromatic rings. The maximum Gasteiger partial charge on any atom is 1.00 e. The Balaban J connectivity index is 0. The third kappa shape index (κ3) is 6.33. The van der Waals surface area contributed by atoms with Gasteiger partial charge >= 0.3 is 51.4 Å². The summed E-state index contributed by atoms with van der Waals surface area (Å²) in [4.78, 5) is 0. The normalized spacial score (nSPS) is 20.9. The van der Waals surface area contributed by atoms with Crippen molar-refractivity contribution in [2.75, 3.05) is 6.61 Å². The molecule has 0 heterocycles. The van der Waals surface area contributed by atoms with Gasteiger partial charge in [-0.1, -0.05) is 0 Å². The van der Waals surface area contributed by atoms with E-state index >= 15 is 0 Å². The number of aliphatic hydroxyl groups excluding tert-OH is 6. The molecule has 6 N–H and O–H groups in total. The molecule has 5 atom stereocenters. The van der Waals surface area contributed by atoms with E-state index in [2.05, 4.69) is 0 Å². The fraction of sp³-hybridized carbons (Fsp3) is 1.00. The first-order valence-electron chi connectivity index (χ1n) is 4.08. The summed E-state index contributed by atoms with van der Waals surface area (Å²) in [6, 6.07) is 0. The van der Waals surface area contributed by atoms with Crippen LogP contribution in [-0.2, 0) is 10.1 Å². The van der Waals surface area contributed by atoms with Gasteiger partial charge in [-0.25, -0.2) is 8.42 Å². The molecule has 0 unspecified atom stereocenters. The van der Waals surface area contributed by atoms with Crippen molar-refractivity contribution >= 4 is 10.1 Å². The maximum absolute atomic E-state index is 10.3. The van der Waals surface area contributed by atoms with E-state index in [1.807, 2.05) is 0 Å². The molecular weight excluding hydrogens is 287 g/mol. The molecule has 0 saturated heterocycles. The maximum atomic E-state index is 10.3. The second-order valence-corrected chi connectivity index (χ2v) is 4.57. The molecule has 0 bridgehead atoms. The third-order valence-electron chi connectivity index (χ3n) is 1.87. The summed E-state index contributed by atoms with van der Waals surface area (Å²) in [5.41, 5.74) is -2.84. The van der Waals surface area contributed by atoms with Crippen molar-refractivity contribution in [1.82, 2.24) is 0 Å². The molecule has 11 heteroatoms. The molecule has 98 valence electrons. The first-order valence-corrected chi connectivity index (χ1v) is 5.56. The van der Waals surface area contributed by atoms with Crippen LogP contribution in [-0.4, -0.2) is 80.1 Å². The van der Waals surface area contributed by atoms with Crippen LogP contribution in [0, 0.1) is 0 Å². The van der Waals surface area contributed by atoms with Gasteiger partial charge in [-0.3, -0.25) is 0 Å². The van der Waals surface area contributed by atoms with E-state index in [0.717, 1.165) is 0 Å². The zero-order chi connectivity index (χ0) is 13.1. The molecule has 0 aliphatic rings. The molecule has 0 radical (unpaired) electrons. The minimum atomic E-state index is -5.27. The van der Waals surface area contributed by atoms with Crippen LogP contribution in [0.3, 0.4) is 0 Å². The van der Waals surface area contributed by atoms with Crippen LogP contribution in [0.4, 0.5) is 0 Å². The van der Waals surface area contributed by atoms with Gasteiger partial charge in [-0.2, -0.15) is 0 Å². The van der Waals surface area contributed by atoms with Crippen molar-refractivity contribution in [2.45, 2.75) is 29.9 Å². The largest absolute Gasteiger partial charge is 1.00 e. The molecule has 0 fully saturated rings. The van der Waals surface area contributed by atoms with E-state index < -0.39 is 46.6 Å². The first-order chi connectivity index (χ1) is 7.12. The molecule has 17 heavy (non-hydrogen) atoms. The summed E-state index contributed by atoms with van der Waals surface area (Å²) in [5, 5.41) is 53.1. The van der Waals surface area contributed by atoms with Crippen LogP contribution in [0.2, 0.25) is 0 Å². The van der Waals surface area contributed by atoms with E-state index in [0.29, 0.717) is 0 Å². The van der Waals surface area contributed by atoms with Crippen molar-refractivity contribution in [3.63, 3.8) is 0 Å². The summed E-state index contributed by atoms with van der Waals surface area (Å²) in [6.07, 6.45) is -8.78. The summed E-state index contributed by atoms with van der Waals surface area (Å²) >= 11 is 0. The predicted octanol–water partition coefficient (Wildman–Crippen LogP) is -7.71. The molecule has 0 aromatic heterocycles. The van der Waals surface area contributed by atoms with Crippen LogP contribution >= 0.6 is 0 Å². The standard InChI is InChI=1S/C6H14O9S.K/c7-1-2(8)3(9)4(10)5(11)6(12)16(13,14)15;/h2-12H,1H2,(H,13,14,15);/q;+1/p-1/t2-,3-,4+,5-,6-;/m1./s1. The van der Waals surface area contributed by atoms with Crippen LogP contribution < -0.4 is 51.4 Å². The van der Waals surface area contributed by atoms with Gasteiger partial charge in [0.15, 0.2) is 5.44 Å². The monoisotopic (exact) mass is 300 g/mol.